The van der Waals surface area contributed by atoms with Crippen molar-refractivity contribution >= 4 is 5.91 Å². The van der Waals surface area contributed by atoms with Crippen molar-refractivity contribution in [3.05, 3.63) is 51.4 Å². The molecule has 2 aromatic rings. The molecule has 1 amide bonds. The van der Waals surface area contributed by atoms with Crippen LogP contribution in [-0.2, 0) is 23.9 Å². The number of amides is 1. The minimum atomic E-state index is -4.47. The van der Waals surface area contributed by atoms with E-state index in [1.54, 1.807) is 11.8 Å². The summed E-state index contributed by atoms with van der Waals surface area (Å²) in [6, 6.07) is 4.33. The molecule has 3 rings (SSSR count). The number of benzene rings is 1. The molecule has 2 heterocycles. The van der Waals surface area contributed by atoms with Crippen LogP contribution in [0.15, 0.2) is 29.1 Å². The summed E-state index contributed by atoms with van der Waals surface area (Å²) < 4.78 is 39.8. The molecule has 1 aromatic carbocycles. The second-order valence-corrected chi connectivity index (χ2v) is 7.03. The number of hydrogen-bond acceptors (Lipinski definition) is 4. The van der Waals surface area contributed by atoms with Crippen LogP contribution >= 0.6 is 0 Å². The van der Waals surface area contributed by atoms with Crippen molar-refractivity contribution in [2.75, 3.05) is 19.7 Å². The fourth-order valence-corrected chi connectivity index (χ4v) is 3.48. The SMILES string of the molecule is Cc1nc(-c2ccc(C(F)(F)F)cc2)n(CC(=O)N2CCCC2)c(=O)c1CCO. The van der Waals surface area contributed by atoms with Gasteiger partial charge in [-0.15, -0.1) is 0 Å². The molecule has 1 aliphatic heterocycles. The number of likely N-dealkylation sites (tertiary alicyclic amines) is 1. The number of aromatic nitrogens is 2. The number of carbonyl (C=O) groups excluding carboxylic acids is 1. The van der Waals surface area contributed by atoms with E-state index in [1.165, 1.54) is 16.7 Å². The van der Waals surface area contributed by atoms with Crippen LogP contribution in [0.25, 0.3) is 11.4 Å². The van der Waals surface area contributed by atoms with E-state index in [1.807, 2.05) is 0 Å². The number of hydrogen-bond donors (Lipinski definition) is 1. The average molecular weight is 409 g/mol. The molecule has 1 saturated heterocycles. The van der Waals surface area contributed by atoms with Crippen LogP contribution in [0.2, 0.25) is 0 Å². The predicted molar refractivity (Wildman–Crippen MR) is 100 cm³/mol. The Morgan fingerprint density at radius 3 is 2.34 bits per heavy atom. The van der Waals surface area contributed by atoms with Crippen molar-refractivity contribution in [2.24, 2.45) is 0 Å². The highest BCUT2D eigenvalue weighted by atomic mass is 19.4. The molecular weight excluding hydrogens is 387 g/mol. The summed E-state index contributed by atoms with van der Waals surface area (Å²) in [4.78, 5) is 31.7. The average Bonchev–Trinajstić information content (AvgIpc) is 3.21. The molecule has 0 bridgehead atoms. The molecule has 0 aliphatic carbocycles. The molecule has 0 unspecified atom stereocenters. The second-order valence-electron chi connectivity index (χ2n) is 7.03. The second kappa shape index (κ2) is 8.36. The molecule has 1 N–H and O–H groups in total. The van der Waals surface area contributed by atoms with Gasteiger partial charge in [0.1, 0.15) is 12.4 Å². The Labute approximate surface area is 165 Å². The van der Waals surface area contributed by atoms with Crippen LogP contribution in [0.5, 0.6) is 0 Å². The maximum atomic E-state index is 13.0. The molecule has 1 aromatic heterocycles. The Hall–Kier alpha value is -2.68. The van der Waals surface area contributed by atoms with E-state index in [2.05, 4.69) is 4.98 Å². The molecule has 0 atom stereocenters. The van der Waals surface area contributed by atoms with Gasteiger partial charge in [-0.2, -0.15) is 13.2 Å². The topological polar surface area (TPSA) is 75.4 Å². The van der Waals surface area contributed by atoms with Crippen molar-refractivity contribution in [3.8, 4) is 11.4 Å². The van der Waals surface area contributed by atoms with Gasteiger partial charge >= 0.3 is 6.18 Å². The van der Waals surface area contributed by atoms with Gasteiger partial charge in [-0.25, -0.2) is 4.98 Å². The summed E-state index contributed by atoms with van der Waals surface area (Å²) in [7, 11) is 0. The van der Waals surface area contributed by atoms with Gasteiger partial charge in [0, 0.05) is 42.9 Å². The molecular formula is C20H22F3N3O3. The lowest BCUT2D eigenvalue weighted by molar-refractivity contribution is -0.137. The number of rotatable bonds is 5. The molecule has 0 spiro atoms. The van der Waals surface area contributed by atoms with Gasteiger partial charge < -0.3 is 10.0 Å². The lowest BCUT2D eigenvalue weighted by Crippen LogP contribution is -2.37. The highest BCUT2D eigenvalue weighted by Crippen LogP contribution is 2.30. The number of alkyl halides is 3. The van der Waals surface area contributed by atoms with E-state index < -0.39 is 17.3 Å². The Bertz CT molecular complexity index is 946. The number of aliphatic hydroxyl groups excluding tert-OH is 1. The summed E-state index contributed by atoms with van der Waals surface area (Å²) in [6.45, 7) is 2.34. The number of nitrogens with zero attached hydrogens (tertiary/aromatic N) is 3. The van der Waals surface area contributed by atoms with E-state index in [-0.39, 0.29) is 36.9 Å². The first-order valence-corrected chi connectivity index (χ1v) is 9.39. The van der Waals surface area contributed by atoms with Crippen molar-refractivity contribution < 1.29 is 23.1 Å². The van der Waals surface area contributed by atoms with Gasteiger partial charge in [0.2, 0.25) is 5.91 Å². The summed E-state index contributed by atoms with van der Waals surface area (Å²) >= 11 is 0. The van der Waals surface area contributed by atoms with Gasteiger partial charge in [-0.05, 0) is 31.9 Å². The number of aryl methyl sites for hydroxylation is 1. The molecule has 156 valence electrons. The smallest absolute Gasteiger partial charge is 0.396 e. The van der Waals surface area contributed by atoms with Crippen LogP contribution in [0.3, 0.4) is 0 Å². The summed E-state index contributed by atoms with van der Waals surface area (Å²) in [5.41, 5.74) is -0.296. The highest BCUT2D eigenvalue weighted by Gasteiger charge is 2.30. The zero-order chi connectivity index (χ0) is 21.2. The Kier molecular flexibility index (Phi) is 6.07. The third-order valence-corrected chi connectivity index (χ3v) is 5.05. The van der Waals surface area contributed by atoms with E-state index >= 15 is 0 Å². The van der Waals surface area contributed by atoms with Crippen LogP contribution in [0, 0.1) is 6.92 Å². The first-order valence-electron chi connectivity index (χ1n) is 9.39. The summed E-state index contributed by atoms with van der Waals surface area (Å²) in [6.07, 6.45) is -2.59. The normalized spacial score (nSPS) is 14.4. The number of halogens is 3. The van der Waals surface area contributed by atoms with Gasteiger partial charge in [0.25, 0.3) is 5.56 Å². The molecule has 9 heteroatoms. The molecule has 1 fully saturated rings. The van der Waals surface area contributed by atoms with Gasteiger partial charge in [-0.1, -0.05) is 12.1 Å². The predicted octanol–water partition coefficient (Wildman–Crippen LogP) is 2.39. The van der Waals surface area contributed by atoms with E-state index in [4.69, 9.17) is 0 Å². The Balaban J connectivity index is 2.07. The first kappa shape index (κ1) is 21.0. The maximum Gasteiger partial charge on any atom is 0.416 e. The zero-order valence-corrected chi connectivity index (χ0v) is 16.0. The standard InChI is InChI=1S/C20H22F3N3O3/c1-13-16(8-11-27)19(29)26(12-17(28)25-9-2-3-10-25)18(24-13)14-4-6-15(7-5-14)20(21,22)23/h4-7,27H,2-3,8-12H2,1H3. The molecule has 0 radical (unpaired) electrons. The first-order chi connectivity index (χ1) is 13.7. The Morgan fingerprint density at radius 1 is 1.17 bits per heavy atom. The van der Waals surface area contributed by atoms with Crippen molar-refractivity contribution in [1.29, 1.82) is 0 Å². The highest BCUT2D eigenvalue weighted by molar-refractivity contribution is 5.77. The lowest BCUT2D eigenvalue weighted by Gasteiger charge is -2.19. The van der Waals surface area contributed by atoms with Gasteiger partial charge in [-0.3, -0.25) is 14.2 Å². The molecule has 1 aliphatic rings. The van der Waals surface area contributed by atoms with Crippen molar-refractivity contribution in [1.82, 2.24) is 14.5 Å². The monoisotopic (exact) mass is 409 g/mol. The fraction of sp³-hybridized carbons (Fsp3) is 0.450. The zero-order valence-electron chi connectivity index (χ0n) is 16.0. The van der Waals surface area contributed by atoms with Crippen molar-refractivity contribution in [3.63, 3.8) is 0 Å². The van der Waals surface area contributed by atoms with Crippen LogP contribution in [-0.4, -0.2) is 45.2 Å². The van der Waals surface area contributed by atoms with E-state index in [9.17, 15) is 27.9 Å². The fourth-order valence-electron chi connectivity index (χ4n) is 3.48. The third kappa shape index (κ3) is 4.50. The van der Waals surface area contributed by atoms with Gasteiger partial charge in [0.15, 0.2) is 0 Å². The van der Waals surface area contributed by atoms with Crippen LogP contribution < -0.4 is 5.56 Å². The van der Waals surface area contributed by atoms with Gasteiger partial charge in [0.05, 0.1) is 5.56 Å². The minimum absolute atomic E-state index is 0.0862. The van der Waals surface area contributed by atoms with Crippen LogP contribution in [0.1, 0.15) is 29.7 Å². The van der Waals surface area contributed by atoms with E-state index in [0.717, 1.165) is 25.0 Å². The quantitative estimate of drug-likeness (QED) is 0.823. The van der Waals surface area contributed by atoms with Crippen LogP contribution in [0.4, 0.5) is 13.2 Å². The van der Waals surface area contributed by atoms with E-state index in [0.29, 0.717) is 24.3 Å². The van der Waals surface area contributed by atoms with Crippen molar-refractivity contribution in [2.45, 2.75) is 38.9 Å². The summed E-state index contributed by atoms with van der Waals surface area (Å²) in [5, 5.41) is 9.25. The summed E-state index contributed by atoms with van der Waals surface area (Å²) in [5.74, 6) is -0.103. The Morgan fingerprint density at radius 2 is 1.79 bits per heavy atom. The lowest BCUT2D eigenvalue weighted by atomic mass is 10.1. The molecule has 0 saturated carbocycles. The minimum Gasteiger partial charge on any atom is -0.396 e. The largest absolute Gasteiger partial charge is 0.416 e. The third-order valence-electron chi connectivity index (χ3n) is 5.05. The number of aliphatic hydroxyl groups is 1. The molecule has 6 nitrogen and oxygen atoms in total. The number of carbonyl (C=O) groups is 1. The maximum absolute atomic E-state index is 13.0. The molecule has 29 heavy (non-hydrogen) atoms.